The number of halogens is 1. The molecule has 1 aromatic rings. The van der Waals surface area contributed by atoms with Gasteiger partial charge in [0.15, 0.2) is 0 Å². The lowest BCUT2D eigenvalue weighted by Crippen LogP contribution is -2.41. The number of benzene rings is 1. The molecule has 0 aliphatic heterocycles. The Morgan fingerprint density at radius 2 is 2.04 bits per heavy atom. The van der Waals surface area contributed by atoms with E-state index < -0.39 is 5.91 Å². The molecule has 2 N–H and O–H groups in total. The molecule has 0 aromatic heterocycles. The van der Waals surface area contributed by atoms with Gasteiger partial charge in [0.05, 0.1) is 7.11 Å². The van der Waals surface area contributed by atoms with E-state index in [1.54, 1.807) is 24.7 Å². The lowest BCUT2D eigenvalue weighted by Gasteiger charge is -2.24. The van der Waals surface area contributed by atoms with Crippen LogP contribution in [-0.4, -0.2) is 42.1 Å². The summed E-state index contributed by atoms with van der Waals surface area (Å²) in [6.45, 7) is 6.38. The molecule has 7 heteroatoms. The molecule has 1 aromatic carbocycles. The minimum Gasteiger partial charge on any atom is -0.496 e. The number of amides is 2. The quantitative estimate of drug-likeness (QED) is 0.480. The molecule has 0 heterocycles. The average Bonchev–Trinajstić information content (AvgIpc) is 2.59. The Hall–Kier alpha value is -1.79. The first-order chi connectivity index (χ1) is 12.3. The van der Waals surface area contributed by atoms with E-state index in [9.17, 15) is 9.59 Å². The fourth-order valence-electron chi connectivity index (χ4n) is 2.53. The SMILES string of the molecule is COc1[c]c(C[C@H](C)CC(=O)N(CCC(C)C)CC(=O)NO)c(Cl)cc1. The standard InChI is InChI=1S/C19H28ClN2O4/c1-13(2)7-8-22(12-18(23)21-25)19(24)10-14(3)9-15-11-16(26-4)5-6-17(15)20/h5-6,13-14,25H,7-10,12H2,1-4H3,(H,21,23)/t14-/m0/s1. The van der Waals surface area contributed by atoms with Crippen LogP contribution < -0.4 is 10.2 Å². The predicted octanol–water partition coefficient (Wildman–Crippen LogP) is 3.10. The monoisotopic (exact) mass is 383 g/mol. The second kappa shape index (κ2) is 11.0. The van der Waals surface area contributed by atoms with Gasteiger partial charge >= 0.3 is 0 Å². The fourth-order valence-corrected chi connectivity index (χ4v) is 2.72. The second-order valence-electron chi connectivity index (χ2n) is 6.90. The topological polar surface area (TPSA) is 78.9 Å². The molecule has 0 saturated heterocycles. The third-order valence-corrected chi connectivity index (χ3v) is 4.38. The van der Waals surface area contributed by atoms with Crippen LogP contribution in [0.4, 0.5) is 0 Å². The molecule has 0 fully saturated rings. The molecule has 0 unspecified atom stereocenters. The number of methoxy groups -OCH3 is 1. The molecule has 0 spiro atoms. The van der Waals surface area contributed by atoms with Crippen molar-refractivity contribution in [2.75, 3.05) is 20.2 Å². The van der Waals surface area contributed by atoms with Crippen LogP contribution in [0.2, 0.25) is 5.02 Å². The van der Waals surface area contributed by atoms with E-state index in [4.69, 9.17) is 21.5 Å². The van der Waals surface area contributed by atoms with Crippen LogP contribution in [0.15, 0.2) is 12.1 Å². The summed E-state index contributed by atoms with van der Waals surface area (Å²) in [5, 5.41) is 9.32. The van der Waals surface area contributed by atoms with Crippen molar-refractivity contribution in [3.63, 3.8) is 0 Å². The summed E-state index contributed by atoms with van der Waals surface area (Å²) >= 11 is 6.21. The van der Waals surface area contributed by atoms with E-state index in [1.165, 1.54) is 4.90 Å². The highest BCUT2D eigenvalue weighted by Gasteiger charge is 2.20. The molecule has 0 aliphatic carbocycles. The molecule has 1 atom stereocenters. The van der Waals surface area contributed by atoms with Gasteiger partial charge in [-0.25, -0.2) is 5.48 Å². The lowest BCUT2D eigenvalue weighted by molar-refractivity contribution is -0.140. The molecule has 1 rings (SSSR count). The van der Waals surface area contributed by atoms with E-state index in [1.807, 2.05) is 6.92 Å². The van der Waals surface area contributed by atoms with Gasteiger partial charge in [0.1, 0.15) is 12.3 Å². The zero-order valence-corrected chi connectivity index (χ0v) is 16.6. The van der Waals surface area contributed by atoms with Crippen molar-refractivity contribution < 1.29 is 19.5 Å². The summed E-state index contributed by atoms with van der Waals surface area (Å²) in [6, 6.07) is 6.59. The minimum absolute atomic E-state index is 0.0158. The van der Waals surface area contributed by atoms with E-state index in [-0.39, 0.29) is 24.8 Å². The van der Waals surface area contributed by atoms with Gasteiger partial charge < -0.3 is 9.64 Å². The van der Waals surface area contributed by atoms with Gasteiger partial charge in [0.2, 0.25) is 5.91 Å². The second-order valence-corrected chi connectivity index (χ2v) is 7.31. The van der Waals surface area contributed by atoms with E-state index >= 15 is 0 Å². The molecule has 0 saturated carbocycles. The van der Waals surface area contributed by atoms with Gasteiger partial charge in [-0.3, -0.25) is 14.8 Å². The van der Waals surface area contributed by atoms with Gasteiger partial charge in [-0.15, -0.1) is 0 Å². The van der Waals surface area contributed by atoms with Crippen LogP contribution in [0.1, 0.15) is 39.2 Å². The number of nitrogens with zero attached hydrogens (tertiary/aromatic N) is 1. The third kappa shape index (κ3) is 7.62. The molecule has 145 valence electrons. The van der Waals surface area contributed by atoms with E-state index in [0.29, 0.717) is 29.7 Å². The Bertz CT molecular complexity index is 607. The third-order valence-electron chi connectivity index (χ3n) is 4.03. The Morgan fingerprint density at radius 3 is 2.62 bits per heavy atom. The Labute approximate surface area is 160 Å². The molecule has 0 bridgehead atoms. The zero-order valence-electron chi connectivity index (χ0n) is 15.8. The Kier molecular flexibility index (Phi) is 9.44. The van der Waals surface area contributed by atoms with Gasteiger partial charge in [-0.05, 0) is 42.4 Å². The molecule has 0 aliphatic rings. The number of nitrogens with one attached hydrogen (secondary N) is 1. The smallest absolute Gasteiger partial charge is 0.262 e. The van der Waals surface area contributed by atoms with Crippen molar-refractivity contribution >= 4 is 23.4 Å². The highest BCUT2D eigenvalue weighted by molar-refractivity contribution is 6.31. The maximum atomic E-state index is 12.6. The fraction of sp³-hybridized carbons (Fsp3) is 0.579. The van der Waals surface area contributed by atoms with Gasteiger partial charge in [0, 0.05) is 24.1 Å². The molecule has 6 nitrogen and oxygen atoms in total. The average molecular weight is 384 g/mol. The van der Waals surface area contributed by atoms with Gasteiger partial charge in [0.25, 0.3) is 5.91 Å². The first-order valence-electron chi connectivity index (χ1n) is 8.72. The maximum absolute atomic E-state index is 12.6. The minimum atomic E-state index is -0.598. The van der Waals surface area contributed by atoms with Crippen LogP contribution in [0.25, 0.3) is 0 Å². The summed E-state index contributed by atoms with van der Waals surface area (Å²) in [7, 11) is 1.56. The summed E-state index contributed by atoms with van der Waals surface area (Å²) in [5.74, 6) is 0.299. The van der Waals surface area contributed by atoms with Gasteiger partial charge in [-0.1, -0.05) is 32.4 Å². The van der Waals surface area contributed by atoms with Crippen LogP contribution >= 0.6 is 11.6 Å². The molecular weight excluding hydrogens is 356 g/mol. The van der Waals surface area contributed by atoms with Crippen molar-refractivity contribution in [2.24, 2.45) is 11.8 Å². The number of rotatable bonds is 10. The normalized spacial score (nSPS) is 12.0. The van der Waals surface area contributed by atoms with Crippen LogP contribution in [0.3, 0.4) is 0 Å². The van der Waals surface area contributed by atoms with E-state index in [0.717, 1.165) is 12.0 Å². The van der Waals surface area contributed by atoms with Crippen LogP contribution in [0, 0.1) is 17.9 Å². The van der Waals surface area contributed by atoms with E-state index in [2.05, 4.69) is 19.9 Å². The first-order valence-corrected chi connectivity index (χ1v) is 9.10. The number of carbonyl (C=O) groups excluding carboxylic acids is 2. The Morgan fingerprint density at radius 1 is 1.35 bits per heavy atom. The number of hydroxylamine groups is 1. The number of hydrogen-bond acceptors (Lipinski definition) is 4. The summed E-state index contributed by atoms with van der Waals surface area (Å²) in [6.07, 6.45) is 1.64. The van der Waals surface area contributed by atoms with Crippen molar-refractivity contribution in [1.29, 1.82) is 0 Å². The first kappa shape index (κ1) is 22.3. The van der Waals surface area contributed by atoms with Crippen LogP contribution in [0.5, 0.6) is 5.75 Å². The summed E-state index contributed by atoms with van der Waals surface area (Å²) in [4.78, 5) is 25.6. The molecule has 2 amide bonds. The molecular formula is C19H28ClN2O4. The number of hydrogen-bond donors (Lipinski definition) is 2. The molecule has 26 heavy (non-hydrogen) atoms. The largest absolute Gasteiger partial charge is 0.496 e. The summed E-state index contributed by atoms with van der Waals surface area (Å²) in [5.41, 5.74) is 2.38. The molecule has 1 radical (unpaired) electrons. The zero-order chi connectivity index (χ0) is 19.7. The highest BCUT2D eigenvalue weighted by Crippen LogP contribution is 2.25. The predicted molar refractivity (Wildman–Crippen MR) is 100 cm³/mol. The van der Waals surface area contributed by atoms with Crippen molar-refractivity contribution in [3.05, 3.63) is 28.8 Å². The van der Waals surface area contributed by atoms with Crippen molar-refractivity contribution in [1.82, 2.24) is 10.4 Å². The highest BCUT2D eigenvalue weighted by atomic mass is 35.5. The van der Waals surface area contributed by atoms with Crippen molar-refractivity contribution in [2.45, 2.75) is 40.0 Å². The van der Waals surface area contributed by atoms with Crippen LogP contribution in [-0.2, 0) is 16.0 Å². The number of carbonyl (C=O) groups is 2. The summed E-state index contributed by atoms with van der Waals surface area (Å²) < 4.78 is 5.16. The van der Waals surface area contributed by atoms with Gasteiger partial charge in [-0.2, -0.15) is 0 Å². The lowest BCUT2D eigenvalue weighted by atomic mass is 9.97. The number of ether oxygens (including phenoxy) is 1. The Balaban J connectivity index is 2.72. The maximum Gasteiger partial charge on any atom is 0.262 e. The van der Waals surface area contributed by atoms with Crippen molar-refractivity contribution in [3.8, 4) is 5.75 Å².